The first-order chi connectivity index (χ1) is 11.5. The maximum Gasteiger partial charge on any atom is 0.419 e. The fraction of sp³-hybridized carbons (Fsp3) is 0.600. The Bertz CT molecular complexity index is 514. The van der Waals surface area contributed by atoms with Crippen molar-refractivity contribution in [3.63, 3.8) is 0 Å². The molecular weight excluding hydrogens is 466 g/mol. The molecule has 1 rings (SSSR count). The van der Waals surface area contributed by atoms with E-state index in [0.717, 1.165) is 31.2 Å². The molecule has 3 N–H and O–H groups in total. The van der Waals surface area contributed by atoms with Crippen LogP contribution in [-0.4, -0.2) is 49.6 Å². The number of hydrogen-bond acceptors (Lipinski definition) is 4. The number of nitrogens with zero attached hydrogens (tertiary/aromatic N) is 2. The molecular formula is C15H25F3IN5S. The van der Waals surface area contributed by atoms with E-state index >= 15 is 0 Å². The fourth-order valence-corrected chi connectivity index (χ4v) is 2.43. The van der Waals surface area contributed by atoms with Gasteiger partial charge in [0.1, 0.15) is 5.82 Å². The number of guanidine groups is 1. The monoisotopic (exact) mass is 491 g/mol. The van der Waals surface area contributed by atoms with E-state index in [1.807, 2.05) is 11.8 Å². The fourth-order valence-electron chi connectivity index (χ4n) is 1.94. The molecule has 1 heterocycles. The number of aromatic nitrogens is 1. The molecule has 1 aromatic rings. The summed E-state index contributed by atoms with van der Waals surface area (Å²) in [5.74, 6) is 1.60. The largest absolute Gasteiger partial charge is 0.419 e. The second kappa shape index (κ2) is 13.3. The lowest BCUT2D eigenvalue weighted by Gasteiger charge is -2.15. The molecule has 144 valence electrons. The second-order valence-corrected chi connectivity index (χ2v) is 5.94. The maximum absolute atomic E-state index is 12.8. The van der Waals surface area contributed by atoms with E-state index in [1.54, 1.807) is 7.05 Å². The number of thioether (sulfide) groups is 1. The first-order valence-electron chi connectivity index (χ1n) is 7.68. The third kappa shape index (κ3) is 9.97. The van der Waals surface area contributed by atoms with Crippen molar-refractivity contribution in [3.05, 3.63) is 23.9 Å². The lowest BCUT2D eigenvalue weighted by Crippen LogP contribution is -2.40. The van der Waals surface area contributed by atoms with Crippen LogP contribution in [0.25, 0.3) is 0 Å². The molecule has 0 saturated carbocycles. The Morgan fingerprint density at radius 1 is 1.20 bits per heavy atom. The molecule has 0 unspecified atom stereocenters. The number of anilines is 1. The third-order valence-electron chi connectivity index (χ3n) is 3.11. The van der Waals surface area contributed by atoms with E-state index in [9.17, 15) is 13.2 Å². The first kappa shape index (κ1) is 24.1. The molecule has 5 nitrogen and oxygen atoms in total. The van der Waals surface area contributed by atoms with Gasteiger partial charge in [0.15, 0.2) is 5.96 Å². The highest BCUT2D eigenvalue weighted by Gasteiger charge is 2.33. The van der Waals surface area contributed by atoms with Crippen LogP contribution in [0.1, 0.15) is 18.4 Å². The number of hydrogen-bond donors (Lipinski definition) is 3. The van der Waals surface area contributed by atoms with Gasteiger partial charge in [-0.3, -0.25) is 4.99 Å². The summed E-state index contributed by atoms with van der Waals surface area (Å²) in [7, 11) is 1.66. The van der Waals surface area contributed by atoms with Gasteiger partial charge in [-0.15, -0.1) is 24.0 Å². The summed E-state index contributed by atoms with van der Waals surface area (Å²) >= 11 is 1.82. The van der Waals surface area contributed by atoms with Crippen LogP contribution in [0.2, 0.25) is 0 Å². The normalized spacial score (nSPS) is 11.6. The van der Waals surface area contributed by atoms with Gasteiger partial charge in [-0.05, 0) is 37.0 Å². The summed E-state index contributed by atoms with van der Waals surface area (Å²) in [6, 6.07) is 2.28. The molecule has 0 bridgehead atoms. The maximum atomic E-state index is 12.8. The van der Waals surface area contributed by atoms with Gasteiger partial charge in [0.05, 0.1) is 5.56 Å². The highest BCUT2D eigenvalue weighted by atomic mass is 127. The second-order valence-electron chi connectivity index (χ2n) is 4.95. The minimum Gasteiger partial charge on any atom is -0.368 e. The van der Waals surface area contributed by atoms with Crippen molar-refractivity contribution in [2.45, 2.75) is 19.0 Å². The highest BCUT2D eigenvalue weighted by molar-refractivity contribution is 14.0. The molecule has 0 saturated heterocycles. The predicted octanol–water partition coefficient (Wildman–Crippen LogP) is 3.44. The molecule has 0 aromatic carbocycles. The Balaban J connectivity index is 0.00000576. The number of rotatable bonds is 9. The van der Waals surface area contributed by atoms with Gasteiger partial charge in [-0.1, -0.05) is 0 Å². The van der Waals surface area contributed by atoms with Gasteiger partial charge in [0.25, 0.3) is 0 Å². The standard InChI is InChI=1S/C15H24F3N5S.HI/c1-19-14(22-7-3-4-11-24-2)23-10-9-21-13-12(15(16,17)18)6-5-8-20-13;/h5-6,8H,3-4,7,9-11H2,1-2H3,(H,20,21)(H2,19,22,23);1H. The summed E-state index contributed by atoms with van der Waals surface area (Å²) in [4.78, 5) is 7.83. The Labute approximate surface area is 168 Å². The van der Waals surface area contributed by atoms with E-state index < -0.39 is 11.7 Å². The SMILES string of the molecule is CN=C(NCCCCSC)NCCNc1ncccc1C(F)(F)F.I. The van der Waals surface area contributed by atoms with Gasteiger partial charge in [0, 0.05) is 32.9 Å². The average Bonchev–Trinajstić information content (AvgIpc) is 2.56. The molecule has 0 aliphatic heterocycles. The zero-order valence-electron chi connectivity index (χ0n) is 14.3. The van der Waals surface area contributed by atoms with Gasteiger partial charge in [-0.2, -0.15) is 24.9 Å². The van der Waals surface area contributed by atoms with Crippen molar-refractivity contribution in [2.24, 2.45) is 4.99 Å². The molecule has 0 fully saturated rings. The minimum absolute atomic E-state index is 0. The van der Waals surface area contributed by atoms with Gasteiger partial charge >= 0.3 is 6.18 Å². The van der Waals surface area contributed by atoms with Crippen molar-refractivity contribution in [2.75, 3.05) is 44.0 Å². The van der Waals surface area contributed by atoms with Crippen molar-refractivity contribution in [1.82, 2.24) is 15.6 Å². The molecule has 0 spiro atoms. The van der Waals surface area contributed by atoms with E-state index in [-0.39, 0.29) is 29.8 Å². The Hall–Kier alpha value is -0.910. The summed E-state index contributed by atoms with van der Waals surface area (Å²) in [6.45, 7) is 1.54. The minimum atomic E-state index is -4.42. The van der Waals surface area contributed by atoms with Crippen molar-refractivity contribution in [1.29, 1.82) is 0 Å². The topological polar surface area (TPSA) is 61.3 Å². The van der Waals surface area contributed by atoms with Crippen LogP contribution in [0.4, 0.5) is 19.0 Å². The molecule has 0 atom stereocenters. The van der Waals surface area contributed by atoms with Crippen molar-refractivity contribution < 1.29 is 13.2 Å². The number of halogens is 4. The van der Waals surface area contributed by atoms with Gasteiger partial charge < -0.3 is 16.0 Å². The van der Waals surface area contributed by atoms with E-state index in [0.29, 0.717) is 19.0 Å². The zero-order chi connectivity index (χ0) is 17.8. The van der Waals surface area contributed by atoms with E-state index in [1.165, 1.54) is 12.3 Å². The predicted molar refractivity (Wildman–Crippen MR) is 110 cm³/mol. The Morgan fingerprint density at radius 2 is 1.92 bits per heavy atom. The van der Waals surface area contributed by atoms with Crippen LogP contribution in [0.3, 0.4) is 0 Å². The number of aliphatic imine (C=N–C) groups is 1. The zero-order valence-corrected chi connectivity index (χ0v) is 17.5. The number of pyridine rings is 1. The summed E-state index contributed by atoms with van der Waals surface area (Å²) < 4.78 is 38.5. The lowest BCUT2D eigenvalue weighted by molar-refractivity contribution is -0.137. The number of nitrogens with one attached hydrogen (secondary N) is 3. The van der Waals surface area contributed by atoms with Crippen LogP contribution in [0.5, 0.6) is 0 Å². The van der Waals surface area contributed by atoms with Crippen LogP contribution in [0, 0.1) is 0 Å². The molecule has 0 aliphatic rings. The molecule has 0 amide bonds. The highest BCUT2D eigenvalue weighted by Crippen LogP contribution is 2.33. The molecule has 0 aliphatic carbocycles. The van der Waals surface area contributed by atoms with Crippen molar-refractivity contribution in [3.8, 4) is 0 Å². The molecule has 1 aromatic heterocycles. The van der Waals surface area contributed by atoms with Gasteiger partial charge in [-0.25, -0.2) is 4.98 Å². The quantitative estimate of drug-likeness (QED) is 0.214. The van der Waals surface area contributed by atoms with Crippen LogP contribution < -0.4 is 16.0 Å². The van der Waals surface area contributed by atoms with Gasteiger partial charge in [0.2, 0.25) is 0 Å². The first-order valence-corrected chi connectivity index (χ1v) is 9.08. The molecule has 0 radical (unpaired) electrons. The third-order valence-corrected chi connectivity index (χ3v) is 3.81. The van der Waals surface area contributed by atoms with E-state index in [2.05, 4.69) is 32.2 Å². The average molecular weight is 491 g/mol. The van der Waals surface area contributed by atoms with Crippen LogP contribution in [-0.2, 0) is 6.18 Å². The Morgan fingerprint density at radius 3 is 2.56 bits per heavy atom. The summed E-state index contributed by atoms with van der Waals surface area (Å²) in [6.07, 6.45) is 1.17. The van der Waals surface area contributed by atoms with E-state index in [4.69, 9.17) is 0 Å². The van der Waals surface area contributed by atoms with Crippen LogP contribution in [0.15, 0.2) is 23.3 Å². The number of alkyl halides is 3. The molecule has 10 heteroatoms. The summed E-state index contributed by atoms with van der Waals surface area (Å²) in [5, 5.41) is 8.92. The van der Waals surface area contributed by atoms with Crippen molar-refractivity contribution >= 4 is 47.5 Å². The molecule has 25 heavy (non-hydrogen) atoms. The number of unbranched alkanes of at least 4 members (excludes halogenated alkanes) is 1. The smallest absolute Gasteiger partial charge is 0.368 e. The lowest BCUT2D eigenvalue weighted by atomic mass is 10.2. The van der Waals surface area contributed by atoms with Crippen LogP contribution >= 0.6 is 35.7 Å². The summed E-state index contributed by atoms with van der Waals surface area (Å²) in [5.41, 5.74) is -0.763. The Kier molecular flexibility index (Phi) is 12.8.